The Kier molecular flexibility index (Phi) is 6.96. The third-order valence-electron chi connectivity index (χ3n) is 1.86. The van der Waals surface area contributed by atoms with Gasteiger partial charge in [0.2, 0.25) is 5.91 Å². The second-order valence-electron chi connectivity index (χ2n) is 3.46. The Morgan fingerprint density at radius 3 is 2.64 bits per heavy atom. The Bertz CT molecular complexity index is 176. The van der Waals surface area contributed by atoms with Crippen molar-refractivity contribution >= 4 is 17.7 Å². The molecular weight excluding hydrogens is 200 g/mol. The summed E-state index contributed by atoms with van der Waals surface area (Å²) in [5, 5.41) is 9.09. The van der Waals surface area contributed by atoms with Crippen LogP contribution in [-0.2, 0) is 4.79 Å². The molecule has 0 radical (unpaired) electrons. The van der Waals surface area contributed by atoms with Gasteiger partial charge in [0.05, 0.1) is 12.1 Å². The van der Waals surface area contributed by atoms with Gasteiger partial charge in [-0.05, 0) is 25.4 Å². The summed E-state index contributed by atoms with van der Waals surface area (Å²) in [5.41, 5.74) is 5.69. The first-order chi connectivity index (χ1) is 6.49. The average molecular weight is 220 g/mol. The van der Waals surface area contributed by atoms with Crippen molar-refractivity contribution < 1.29 is 9.90 Å². The van der Waals surface area contributed by atoms with E-state index < -0.39 is 12.1 Å². The number of nitrogens with two attached hydrogens (primary N) is 1. The zero-order valence-electron chi connectivity index (χ0n) is 9.06. The Balaban J connectivity index is 3.91. The van der Waals surface area contributed by atoms with Crippen molar-refractivity contribution in [3.05, 3.63) is 0 Å². The van der Waals surface area contributed by atoms with E-state index in [0.717, 1.165) is 5.75 Å². The zero-order chi connectivity index (χ0) is 11.1. The molecule has 0 aliphatic carbocycles. The molecular formula is C9H20N2O2S. The van der Waals surface area contributed by atoms with Crippen molar-refractivity contribution in [2.45, 2.75) is 25.5 Å². The van der Waals surface area contributed by atoms with Crippen molar-refractivity contribution in [1.82, 2.24) is 4.90 Å². The minimum Gasteiger partial charge on any atom is -0.392 e. The first-order valence-electron chi connectivity index (χ1n) is 4.66. The number of amides is 1. The Morgan fingerprint density at radius 2 is 2.21 bits per heavy atom. The summed E-state index contributed by atoms with van der Waals surface area (Å²) < 4.78 is 0. The van der Waals surface area contributed by atoms with Crippen LogP contribution >= 0.6 is 11.8 Å². The molecule has 0 rings (SSSR count). The van der Waals surface area contributed by atoms with Gasteiger partial charge in [0, 0.05) is 13.6 Å². The van der Waals surface area contributed by atoms with Crippen LogP contribution in [0.5, 0.6) is 0 Å². The third kappa shape index (κ3) is 5.47. The van der Waals surface area contributed by atoms with E-state index in [1.54, 1.807) is 25.7 Å². The molecule has 0 aromatic heterocycles. The van der Waals surface area contributed by atoms with E-state index in [1.165, 1.54) is 4.90 Å². The van der Waals surface area contributed by atoms with Gasteiger partial charge in [-0.2, -0.15) is 11.8 Å². The molecule has 0 aromatic rings. The smallest absolute Gasteiger partial charge is 0.239 e. The zero-order valence-corrected chi connectivity index (χ0v) is 9.88. The topological polar surface area (TPSA) is 66.6 Å². The van der Waals surface area contributed by atoms with Gasteiger partial charge in [0.15, 0.2) is 0 Å². The maximum Gasteiger partial charge on any atom is 0.239 e. The Morgan fingerprint density at radius 1 is 1.64 bits per heavy atom. The van der Waals surface area contributed by atoms with Crippen LogP contribution in [0.2, 0.25) is 0 Å². The van der Waals surface area contributed by atoms with Gasteiger partial charge in [-0.1, -0.05) is 0 Å². The van der Waals surface area contributed by atoms with Gasteiger partial charge in [0.25, 0.3) is 0 Å². The van der Waals surface area contributed by atoms with Gasteiger partial charge >= 0.3 is 0 Å². The minimum atomic E-state index is -0.503. The number of aliphatic hydroxyl groups excluding tert-OH is 1. The van der Waals surface area contributed by atoms with Crippen LogP contribution in [0, 0.1) is 0 Å². The first-order valence-corrected chi connectivity index (χ1v) is 6.06. The molecule has 0 heterocycles. The van der Waals surface area contributed by atoms with Crippen LogP contribution in [0.15, 0.2) is 0 Å². The number of likely N-dealkylation sites (N-methyl/N-ethyl adjacent to an activating group) is 1. The van der Waals surface area contributed by atoms with E-state index in [2.05, 4.69) is 0 Å². The van der Waals surface area contributed by atoms with Gasteiger partial charge in [-0.15, -0.1) is 0 Å². The summed E-state index contributed by atoms with van der Waals surface area (Å²) in [6.07, 6.45) is 2.16. The second-order valence-corrected chi connectivity index (χ2v) is 4.44. The number of rotatable bonds is 6. The number of nitrogens with zero attached hydrogens (tertiary/aromatic N) is 1. The third-order valence-corrected chi connectivity index (χ3v) is 2.51. The van der Waals surface area contributed by atoms with E-state index in [9.17, 15) is 4.79 Å². The summed E-state index contributed by atoms with van der Waals surface area (Å²) in [5.74, 6) is 0.787. The quantitative estimate of drug-likeness (QED) is 0.656. The molecule has 0 aliphatic heterocycles. The van der Waals surface area contributed by atoms with Gasteiger partial charge in [0.1, 0.15) is 0 Å². The van der Waals surface area contributed by atoms with Crippen molar-refractivity contribution in [1.29, 1.82) is 0 Å². The summed E-state index contributed by atoms with van der Waals surface area (Å²) in [7, 11) is 1.66. The van der Waals surface area contributed by atoms with Crippen molar-refractivity contribution in [2.24, 2.45) is 5.73 Å². The van der Waals surface area contributed by atoms with E-state index in [1.807, 2.05) is 6.26 Å². The van der Waals surface area contributed by atoms with Gasteiger partial charge in [-0.25, -0.2) is 0 Å². The number of aliphatic hydroxyl groups is 1. The molecule has 1 amide bonds. The summed E-state index contributed by atoms with van der Waals surface area (Å²) >= 11 is 1.67. The lowest BCUT2D eigenvalue weighted by molar-refractivity contribution is -0.132. The maximum absolute atomic E-state index is 11.6. The predicted molar refractivity (Wildman–Crippen MR) is 60.3 cm³/mol. The van der Waals surface area contributed by atoms with Gasteiger partial charge < -0.3 is 15.7 Å². The number of hydrogen-bond donors (Lipinski definition) is 2. The standard InChI is InChI=1S/C9H20N2O2S/c1-7(12)6-11(2)9(13)8(10)4-5-14-3/h7-8,12H,4-6,10H2,1-3H3/t7?,8-/m0/s1. The number of thioether (sulfide) groups is 1. The summed E-state index contributed by atoms with van der Waals surface area (Å²) in [6.45, 7) is 1.99. The lowest BCUT2D eigenvalue weighted by Gasteiger charge is -2.22. The highest BCUT2D eigenvalue weighted by Crippen LogP contribution is 2.01. The van der Waals surface area contributed by atoms with E-state index in [4.69, 9.17) is 10.8 Å². The molecule has 0 aromatic carbocycles. The molecule has 0 aliphatic rings. The molecule has 84 valence electrons. The van der Waals surface area contributed by atoms with E-state index in [0.29, 0.717) is 13.0 Å². The molecule has 3 N–H and O–H groups in total. The summed E-state index contributed by atoms with van der Waals surface area (Å²) in [6, 6.07) is -0.439. The van der Waals surface area contributed by atoms with Crippen LogP contribution < -0.4 is 5.73 Å². The number of carbonyl (C=O) groups is 1. The molecule has 0 spiro atoms. The fourth-order valence-electron chi connectivity index (χ4n) is 1.14. The molecule has 4 nitrogen and oxygen atoms in total. The Hall–Kier alpha value is -0.260. The highest BCUT2D eigenvalue weighted by molar-refractivity contribution is 7.98. The van der Waals surface area contributed by atoms with Crippen LogP contribution in [-0.4, -0.2) is 53.7 Å². The fourth-order valence-corrected chi connectivity index (χ4v) is 1.63. The minimum absolute atomic E-state index is 0.0973. The van der Waals surface area contributed by atoms with Crippen molar-refractivity contribution in [2.75, 3.05) is 25.6 Å². The highest BCUT2D eigenvalue weighted by atomic mass is 32.2. The molecule has 0 saturated heterocycles. The Labute approximate surface area is 89.8 Å². The van der Waals surface area contributed by atoms with Crippen LogP contribution in [0.4, 0.5) is 0 Å². The molecule has 0 bridgehead atoms. The van der Waals surface area contributed by atoms with Crippen molar-refractivity contribution in [3.8, 4) is 0 Å². The fraction of sp³-hybridized carbons (Fsp3) is 0.889. The highest BCUT2D eigenvalue weighted by Gasteiger charge is 2.18. The largest absolute Gasteiger partial charge is 0.392 e. The monoisotopic (exact) mass is 220 g/mol. The van der Waals surface area contributed by atoms with E-state index in [-0.39, 0.29) is 5.91 Å². The second kappa shape index (κ2) is 7.09. The number of carbonyl (C=O) groups excluding carboxylic acids is 1. The summed E-state index contributed by atoms with van der Waals surface area (Å²) in [4.78, 5) is 13.0. The average Bonchev–Trinajstić information content (AvgIpc) is 2.11. The van der Waals surface area contributed by atoms with Crippen LogP contribution in [0.3, 0.4) is 0 Å². The lowest BCUT2D eigenvalue weighted by Crippen LogP contribution is -2.44. The predicted octanol–water partition coefficient (Wildman–Crippen LogP) is -0.0940. The normalized spacial score (nSPS) is 14.9. The van der Waals surface area contributed by atoms with Gasteiger partial charge in [-0.3, -0.25) is 4.79 Å². The molecule has 14 heavy (non-hydrogen) atoms. The number of hydrogen-bond acceptors (Lipinski definition) is 4. The van der Waals surface area contributed by atoms with Crippen LogP contribution in [0.25, 0.3) is 0 Å². The molecule has 1 unspecified atom stereocenters. The molecule has 2 atom stereocenters. The van der Waals surface area contributed by atoms with E-state index >= 15 is 0 Å². The maximum atomic E-state index is 11.6. The SMILES string of the molecule is CSCC[C@H](N)C(=O)N(C)CC(C)O. The molecule has 0 saturated carbocycles. The molecule has 5 heteroatoms. The lowest BCUT2D eigenvalue weighted by atomic mass is 10.2. The van der Waals surface area contributed by atoms with Crippen molar-refractivity contribution in [3.63, 3.8) is 0 Å². The first kappa shape index (κ1) is 13.7. The molecule has 0 fully saturated rings. The van der Waals surface area contributed by atoms with Crippen LogP contribution in [0.1, 0.15) is 13.3 Å².